The predicted molar refractivity (Wildman–Crippen MR) is 128 cm³/mol. The molecule has 0 fully saturated rings. The van der Waals surface area contributed by atoms with Crippen LogP contribution in [0.25, 0.3) is 10.9 Å². The highest BCUT2D eigenvalue weighted by Gasteiger charge is 2.19. The normalized spacial score (nSPS) is 11.8. The zero-order valence-corrected chi connectivity index (χ0v) is 18.6. The third-order valence-electron chi connectivity index (χ3n) is 5.93. The Morgan fingerprint density at radius 3 is 2.56 bits per heavy atom. The molecule has 32 heavy (non-hydrogen) atoms. The lowest BCUT2D eigenvalue weighted by atomic mass is 9.91. The Balaban J connectivity index is 1.51. The average Bonchev–Trinajstić information content (AvgIpc) is 3.24. The summed E-state index contributed by atoms with van der Waals surface area (Å²) in [5, 5.41) is 4.21. The fraction of sp³-hybridized carbons (Fsp3) is 0.222. The maximum atomic E-state index is 12.6. The van der Waals surface area contributed by atoms with Crippen LogP contribution < -0.4 is 14.8 Å². The summed E-state index contributed by atoms with van der Waals surface area (Å²) in [4.78, 5) is 16.0. The Morgan fingerprint density at radius 1 is 1.00 bits per heavy atom. The van der Waals surface area contributed by atoms with Crippen molar-refractivity contribution in [3.05, 3.63) is 95.2 Å². The zero-order valence-electron chi connectivity index (χ0n) is 18.6. The van der Waals surface area contributed by atoms with Crippen molar-refractivity contribution in [3.8, 4) is 11.5 Å². The molecule has 1 atom stereocenters. The molecule has 0 saturated heterocycles. The average molecular weight is 429 g/mol. The summed E-state index contributed by atoms with van der Waals surface area (Å²) in [6.07, 6.45) is 2.03. The molecule has 0 bridgehead atoms. The number of hydrogen-bond donors (Lipinski definition) is 2. The van der Waals surface area contributed by atoms with Gasteiger partial charge >= 0.3 is 0 Å². The number of rotatable bonds is 8. The second kappa shape index (κ2) is 9.60. The number of amides is 1. The van der Waals surface area contributed by atoms with Gasteiger partial charge in [-0.25, -0.2) is 0 Å². The first-order valence-corrected chi connectivity index (χ1v) is 10.7. The van der Waals surface area contributed by atoms with Crippen LogP contribution in [0.1, 0.15) is 28.2 Å². The van der Waals surface area contributed by atoms with Crippen LogP contribution >= 0.6 is 0 Å². The van der Waals surface area contributed by atoms with E-state index >= 15 is 0 Å². The number of carbonyl (C=O) groups excluding carboxylic acids is 1. The van der Waals surface area contributed by atoms with E-state index in [-0.39, 0.29) is 18.4 Å². The van der Waals surface area contributed by atoms with Crippen LogP contribution in [0, 0.1) is 13.8 Å². The van der Waals surface area contributed by atoms with Gasteiger partial charge in [-0.15, -0.1) is 0 Å². The summed E-state index contributed by atoms with van der Waals surface area (Å²) >= 11 is 0. The third kappa shape index (κ3) is 4.62. The molecule has 1 aromatic heterocycles. The molecule has 4 aromatic rings. The van der Waals surface area contributed by atoms with Crippen molar-refractivity contribution in [2.75, 3.05) is 20.3 Å². The number of hydrogen-bond acceptors (Lipinski definition) is 3. The maximum Gasteiger partial charge on any atom is 0.257 e. The van der Waals surface area contributed by atoms with Gasteiger partial charge in [0.25, 0.3) is 5.91 Å². The molecule has 164 valence electrons. The van der Waals surface area contributed by atoms with E-state index in [2.05, 4.69) is 22.4 Å². The molecule has 0 saturated carbocycles. The van der Waals surface area contributed by atoms with E-state index in [1.165, 1.54) is 0 Å². The molecule has 0 aliphatic carbocycles. The number of aryl methyl sites for hydroxylation is 1. The van der Waals surface area contributed by atoms with Gasteiger partial charge in [0.2, 0.25) is 0 Å². The lowest BCUT2D eigenvalue weighted by Gasteiger charge is -2.19. The lowest BCUT2D eigenvalue weighted by molar-refractivity contribution is -0.123. The second-order valence-electron chi connectivity index (χ2n) is 7.91. The van der Waals surface area contributed by atoms with Gasteiger partial charge in [0, 0.05) is 29.6 Å². The van der Waals surface area contributed by atoms with Gasteiger partial charge in [-0.3, -0.25) is 4.79 Å². The minimum atomic E-state index is -0.149. The zero-order chi connectivity index (χ0) is 22.5. The van der Waals surface area contributed by atoms with E-state index < -0.39 is 0 Å². The number of benzene rings is 3. The summed E-state index contributed by atoms with van der Waals surface area (Å²) in [6, 6.07) is 22.0. The monoisotopic (exact) mass is 428 g/mol. The molecular weight excluding hydrogens is 400 g/mol. The Hall–Kier alpha value is -3.73. The Bertz CT molecular complexity index is 1210. The first-order chi connectivity index (χ1) is 15.6. The van der Waals surface area contributed by atoms with Crippen LogP contribution in [0.5, 0.6) is 11.5 Å². The van der Waals surface area contributed by atoms with Crippen LogP contribution in [-0.4, -0.2) is 31.2 Å². The Labute approximate surface area is 188 Å². The standard InChI is InChI=1S/C27H28N2O3/c1-18-7-6-10-26(19(18)2)32-17-27(30)29-15-23(20-11-13-21(31-3)14-12-20)24-16-28-25-9-5-4-8-22(24)25/h4-14,16,23,28H,15,17H2,1-3H3,(H,29,30)/t23-/m1/s1. The SMILES string of the molecule is COc1ccc([C@@H](CNC(=O)COc2cccc(C)c2C)c2c[nH]c3ccccc23)cc1. The van der Waals surface area contributed by atoms with Crippen molar-refractivity contribution >= 4 is 16.8 Å². The number of ether oxygens (including phenoxy) is 2. The van der Waals surface area contributed by atoms with Crippen LogP contribution in [0.2, 0.25) is 0 Å². The van der Waals surface area contributed by atoms with Crippen molar-refractivity contribution in [2.24, 2.45) is 0 Å². The van der Waals surface area contributed by atoms with Crippen molar-refractivity contribution in [2.45, 2.75) is 19.8 Å². The molecule has 5 nitrogen and oxygen atoms in total. The topological polar surface area (TPSA) is 63.4 Å². The van der Waals surface area contributed by atoms with E-state index in [0.717, 1.165) is 44.7 Å². The third-order valence-corrected chi connectivity index (χ3v) is 5.93. The number of carbonyl (C=O) groups is 1. The molecule has 1 amide bonds. The predicted octanol–water partition coefficient (Wildman–Crippen LogP) is 5.12. The van der Waals surface area contributed by atoms with Gasteiger partial charge in [0.1, 0.15) is 11.5 Å². The van der Waals surface area contributed by atoms with E-state index in [1.54, 1.807) is 7.11 Å². The van der Waals surface area contributed by atoms with Crippen LogP contribution in [0.3, 0.4) is 0 Å². The summed E-state index contributed by atoms with van der Waals surface area (Å²) < 4.78 is 11.1. The van der Waals surface area contributed by atoms with Gasteiger partial charge in [-0.1, -0.05) is 42.5 Å². The second-order valence-corrected chi connectivity index (χ2v) is 7.91. The number of aromatic amines is 1. The highest BCUT2D eigenvalue weighted by Crippen LogP contribution is 2.31. The number of aromatic nitrogens is 1. The minimum Gasteiger partial charge on any atom is -0.497 e. The number of fused-ring (bicyclic) bond motifs is 1. The smallest absolute Gasteiger partial charge is 0.257 e. The Kier molecular flexibility index (Phi) is 6.45. The fourth-order valence-electron chi connectivity index (χ4n) is 3.92. The fourth-order valence-corrected chi connectivity index (χ4v) is 3.92. The van der Waals surface area contributed by atoms with Gasteiger partial charge in [-0.2, -0.15) is 0 Å². The molecule has 0 radical (unpaired) electrons. The summed E-state index contributed by atoms with van der Waals surface area (Å²) in [5.41, 5.74) is 5.51. The van der Waals surface area contributed by atoms with Crippen molar-refractivity contribution in [1.82, 2.24) is 10.3 Å². The maximum absolute atomic E-state index is 12.6. The number of para-hydroxylation sites is 1. The largest absolute Gasteiger partial charge is 0.497 e. The van der Waals surface area contributed by atoms with Crippen LogP contribution in [-0.2, 0) is 4.79 Å². The molecule has 3 aromatic carbocycles. The molecule has 0 aliphatic heterocycles. The van der Waals surface area contributed by atoms with Crippen LogP contribution in [0.15, 0.2) is 72.9 Å². The molecule has 2 N–H and O–H groups in total. The summed E-state index contributed by atoms with van der Waals surface area (Å²) in [7, 11) is 1.66. The molecule has 4 rings (SSSR count). The molecule has 5 heteroatoms. The molecular formula is C27H28N2O3. The van der Waals surface area contributed by atoms with Gasteiger partial charge in [-0.05, 0) is 60.4 Å². The van der Waals surface area contributed by atoms with E-state index in [1.807, 2.05) is 74.6 Å². The molecule has 0 spiro atoms. The Morgan fingerprint density at radius 2 is 1.78 bits per heavy atom. The van der Waals surface area contributed by atoms with E-state index in [0.29, 0.717) is 6.54 Å². The van der Waals surface area contributed by atoms with Gasteiger partial charge in [0.15, 0.2) is 6.61 Å². The van der Waals surface area contributed by atoms with Gasteiger partial charge in [0.05, 0.1) is 7.11 Å². The highest BCUT2D eigenvalue weighted by atomic mass is 16.5. The quantitative estimate of drug-likeness (QED) is 0.409. The number of H-pyrrole nitrogens is 1. The summed E-state index contributed by atoms with van der Waals surface area (Å²) in [6.45, 7) is 4.47. The van der Waals surface area contributed by atoms with Crippen molar-refractivity contribution in [1.29, 1.82) is 0 Å². The van der Waals surface area contributed by atoms with Crippen molar-refractivity contribution < 1.29 is 14.3 Å². The first-order valence-electron chi connectivity index (χ1n) is 10.7. The number of methoxy groups -OCH3 is 1. The summed E-state index contributed by atoms with van der Waals surface area (Å²) in [5.74, 6) is 1.38. The lowest BCUT2D eigenvalue weighted by Crippen LogP contribution is -2.32. The van der Waals surface area contributed by atoms with E-state index in [4.69, 9.17) is 9.47 Å². The number of nitrogens with one attached hydrogen (secondary N) is 2. The van der Waals surface area contributed by atoms with E-state index in [9.17, 15) is 4.79 Å². The molecule has 0 unspecified atom stereocenters. The van der Waals surface area contributed by atoms with Gasteiger partial charge < -0.3 is 19.8 Å². The first kappa shape index (κ1) is 21.5. The highest BCUT2D eigenvalue weighted by molar-refractivity contribution is 5.84. The molecule has 1 heterocycles. The van der Waals surface area contributed by atoms with Crippen molar-refractivity contribution in [3.63, 3.8) is 0 Å². The molecule has 0 aliphatic rings. The van der Waals surface area contributed by atoms with Crippen LogP contribution in [0.4, 0.5) is 0 Å². The minimum absolute atomic E-state index is 0.0123.